The van der Waals surface area contributed by atoms with Gasteiger partial charge in [0, 0.05) is 184 Å². The third-order valence-electron chi connectivity index (χ3n) is 23.2. The van der Waals surface area contributed by atoms with Crippen LogP contribution in [0.1, 0.15) is 116 Å². The van der Waals surface area contributed by atoms with Crippen molar-refractivity contribution in [1.82, 2.24) is 49.4 Å². The summed E-state index contributed by atoms with van der Waals surface area (Å²) in [5.74, 6) is 4.23. The van der Waals surface area contributed by atoms with Crippen LogP contribution in [-0.4, -0.2) is 127 Å². The fourth-order valence-corrected chi connectivity index (χ4v) is 17.0. The number of halogens is 1. The summed E-state index contributed by atoms with van der Waals surface area (Å²) in [6, 6.07) is 76.8. The summed E-state index contributed by atoms with van der Waals surface area (Å²) in [6.45, 7) is 27.3. The second-order valence-electron chi connectivity index (χ2n) is 32.6. The van der Waals surface area contributed by atoms with E-state index in [1.54, 1.807) is 41.6 Å². The summed E-state index contributed by atoms with van der Waals surface area (Å²) in [7, 11) is 8.14. The number of urea groups is 5. The SMILES string of the molecule is C=CCNC(=O)Nc1cccc(-c2c(C#N)c3ccc(OC)cc3n2CC)c1.CCCCNC(=O)Nc1cccc(-c2c(C#N)c3ccc(OC)cc3n2CC)c1.CCCNC(=O)Nc1cccc(-c2c(C#N)c3ccc(OC)cc3n2CC)c1.CCn1c(-c2cccc(NC(=O)NC(C)C)c2)c(C#N)c2ccc(OC)cc21.CCn1c(-c2cccc(NC(=O)NCCCCl)c2)c(C#N)c2ccc(OC)cc21. The number of carbonyl (C=O) groups is 5. The minimum atomic E-state index is -0.307. The molecule has 0 aliphatic carbocycles. The molecule has 15 aromatic rings. The fourth-order valence-electron chi connectivity index (χ4n) is 16.9. The lowest BCUT2D eigenvalue weighted by Crippen LogP contribution is -2.34. The van der Waals surface area contributed by atoms with Crippen molar-refractivity contribution in [2.45, 2.75) is 127 Å². The van der Waals surface area contributed by atoms with E-state index >= 15 is 0 Å². The third kappa shape index (κ3) is 25.0. The predicted molar refractivity (Wildman–Crippen MR) is 568 cm³/mol. The van der Waals surface area contributed by atoms with Crippen LogP contribution in [0.5, 0.6) is 28.7 Å². The number of fused-ring (bicyclic) bond motifs is 5. The van der Waals surface area contributed by atoms with Crippen molar-refractivity contribution in [2.75, 3.05) is 94.2 Å². The number of nitriles is 5. The molecule has 5 aromatic heterocycles. The Morgan fingerprint density at radius 3 is 0.782 bits per heavy atom. The molecular weight excluding hydrogens is 1810 g/mol. The quantitative estimate of drug-likeness (QED) is 0.0110. The number of carbonyl (C=O) groups excluding carboxylic acids is 5. The highest BCUT2D eigenvalue weighted by atomic mass is 35.5. The van der Waals surface area contributed by atoms with Gasteiger partial charge >= 0.3 is 30.2 Å². The number of ether oxygens (including phenoxy) is 5. The first-order chi connectivity index (χ1) is 69.0. The van der Waals surface area contributed by atoms with Crippen molar-refractivity contribution < 1.29 is 47.7 Å². The lowest BCUT2D eigenvalue weighted by molar-refractivity contribution is 0.249. The number of rotatable bonds is 31. The second kappa shape index (κ2) is 51.2. The molecule has 0 aliphatic heterocycles. The number of anilines is 5. The Morgan fingerprint density at radius 2 is 0.570 bits per heavy atom. The number of aryl methyl sites for hydroxylation is 5. The van der Waals surface area contributed by atoms with E-state index in [1.807, 2.05) is 268 Å². The summed E-state index contributed by atoms with van der Waals surface area (Å²) in [5.41, 5.74) is 19.6. The standard InChI is InChI=1S/C23H26N4O2.C22H23ClN4O2.2C22H24N4O2.C22H22N4O2/c1-4-6-12-25-23(28)26-17-9-7-8-16(13-17)22-20(15-24)19-11-10-18(29-3)14-21(19)27(22)5-2;1-3-27-20-13-17(29-2)8-9-18(20)19(14-24)21(27)15-6-4-7-16(12-15)26-22(28)25-11-5-10-23;1-5-26-20-12-17(28-4)9-10-18(20)19(13-23)21(26)15-7-6-8-16(11-15)25-22(27)24-14(2)3;2*1-4-11-24-22(27)25-16-8-6-7-15(12-16)21-19(14-23)18-10-9-17(28-3)13-20(18)26(21)5-2/h7-11,13-14H,4-6,12H2,1-3H3,(H2,25,26,28);4,6-9,12-13H,3,5,10-11H2,1-2H3,(H2,25,26,28);6-12,14H,5H2,1-4H3,(H2,24,25,27);6-10,12-13H,4-5,11H2,1-3H3,(H2,24,25,27);4,6-10,12-13H,1,5,11H2,2-3H3,(H2,24,25,27). The highest BCUT2D eigenvalue weighted by molar-refractivity contribution is 6.18. The number of unbranched alkanes of at least 4 members (excludes halogenated alkanes) is 1. The van der Waals surface area contributed by atoms with Gasteiger partial charge in [-0.25, -0.2) is 24.0 Å². The van der Waals surface area contributed by atoms with Crippen molar-refractivity contribution in [3.8, 4) is 115 Å². The van der Waals surface area contributed by atoms with Gasteiger partial charge in [0.05, 0.1) is 119 Å². The van der Waals surface area contributed by atoms with Gasteiger partial charge in [0.1, 0.15) is 59.1 Å². The number of alkyl halides is 1. The van der Waals surface area contributed by atoms with E-state index in [0.29, 0.717) is 127 Å². The molecule has 0 spiro atoms. The van der Waals surface area contributed by atoms with Gasteiger partial charge < -0.3 is 99.7 Å². The smallest absolute Gasteiger partial charge is 0.319 e. The number of hydrogen-bond acceptors (Lipinski definition) is 15. The molecule has 730 valence electrons. The van der Waals surface area contributed by atoms with Crippen molar-refractivity contribution in [1.29, 1.82) is 26.3 Å². The van der Waals surface area contributed by atoms with Crippen LogP contribution >= 0.6 is 11.6 Å². The van der Waals surface area contributed by atoms with Gasteiger partial charge in [-0.3, -0.25) is 0 Å². The van der Waals surface area contributed by atoms with Crippen molar-refractivity contribution in [2.24, 2.45) is 0 Å². The molecule has 0 aliphatic rings. The summed E-state index contributed by atoms with van der Waals surface area (Å²) >= 11 is 5.64. The Kier molecular flexibility index (Phi) is 38.0. The van der Waals surface area contributed by atoms with Gasteiger partial charge in [0.25, 0.3) is 0 Å². The summed E-state index contributed by atoms with van der Waals surface area (Å²) < 4.78 is 37.3. The van der Waals surface area contributed by atoms with Gasteiger partial charge in [-0.15, -0.1) is 18.2 Å². The van der Waals surface area contributed by atoms with Crippen LogP contribution in [-0.2, 0) is 32.7 Å². The number of aromatic nitrogens is 5. The van der Waals surface area contributed by atoms with Gasteiger partial charge in [-0.1, -0.05) is 87.0 Å². The Labute approximate surface area is 832 Å². The van der Waals surface area contributed by atoms with Crippen LogP contribution in [0.2, 0.25) is 0 Å². The number of nitrogens with one attached hydrogen (secondary N) is 10. The van der Waals surface area contributed by atoms with Gasteiger partial charge in [-0.05, 0) is 189 Å². The van der Waals surface area contributed by atoms with Crippen molar-refractivity contribution >= 4 is 125 Å². The highest BCUT2D eigenvalue weighted by Crippen LogP contribution is 2.43. The average molecular weight is 1930 g/mol. The molecule has 15 rings (SSSR count). The van der Waals surface area contributed by atoms with E-state index < -0.39 is 0 Å². The molecule has 0 radical (unpaired) electrons. The van der Waals surface area contributed by atoms with E-state index in [9.17, 15) is 50.3 Å². The molecule has 10 amide bonds. The van der Waals surface area contributed by atoms with E-state index in [4.69, 9.17) is 35.3 Å². The zero-order valence-corrected chi connectivity index (χ0v) is 83.2. The molecule has 0 bridgehead atoms. The number of methoxy groups -OCH3 is 5. The van der Waals surface area contributed by atoms with E-state index in [1.165, 1.54) is 0 Å². The van der Waals surface area contributed by atoms with E-state index in [-0.39, 0.29) is 36.2 Å². The Balaban J connectivity index is 0.000000169. The molecule has 30 nitrogen and oxygen atoms in total. The molecule has 0 atom stereocenters. The Morgan fingerprint density at radius 1 is 0.331 bits per heavy atom. The topological polar surface area (TPSA) is 395 Å². The fraction of sp³-hybridized carbons (Fsp3) is 0.261. The van der Waals surface area contributed by atoms with Crippen LogP contribution in [0, 0.1) is 56.7 Å². The van der Waals surface area contributed by atoms with Crippen LogP contribution < -0.4 is 76.9 Å². The number of amides is 10. The molecule has 0 saturated carbocycles. The molecule has 0 unspecified atom stereocenters. The van der Waals surface area contributed by atoms with Crippen LogP contribution in [0.4, 0.5) is 52.4 Å². The maximum Gasteiger partial charge on any atom is 0.319 e. The monoisotopic (exact) mass is 1930 g/mol. The average Bonchev–Trinajstić information content (AvgIpc) is 1.63. The second-order valence-corrected chi connectivity index (χ2v) is 33.0. The van der Waals surface area contributed by atoms with Crippen molar-refractivity contribution in [3.63, 3.8) is 0 Å². The zero-order chi connectivity index (χ0) is 102. The van der Waals surface area contributed by atoms with Crippen LogP contribution in [0.25, 0.3) is 111 Å². The third-order valence-corrected chi connectivity index (χ3v) is 23.5. The summed E-state index contributed by atoms with van der Waals surface area (Å²) in [6.07, 6.45) is 5.17. The number of hydrogen-bond donors (Lipinski definition) is 10. The van der Waals surface area contributed by atoms with Crippen molar-refractivity contribution in [3.05, 3.63) is 253 Å². The molecule has 5 heterocycles. The van der Waals surface area contributed by atoms with E-state index in [0.717, 1.165) is 159 Å². The van der Waals surface area contributed by atoms with E-state index in [2.05, 4.69) is 120 Å². The Hall–Kier alpha value is -17.3. The minimum absolute atomic E-state index is 0.0472. The summed E-state index contributed by atoms with van der Waals surface area (Å²) in [4.78, 5) is 60.1. The molecule has 10 N–H and O–H groups in total. The molecule has 142 heavy (non-hydrogen) atoms. The molecule has 0 saturated heterocycles. The normalized spacial score (nSPS) is 10.5. The zero-order valence-electron chi connectivity index (χ0n) is 82.4. The minimum Gasteiger partial charge on any atom is -0.497 e. The molecule has 0 fully saturated rings. The predicted octanol–water partition coefficient (Wildman–Crippen LogP) is 24.1. The number of nitrogens with zero attached hydrogens (tertiary/aromatic N) is 10. The largest absolute Gasteiger partial charge is 0.497 e. The first kappa shape index (κ1) is 105. The van der Waals surface area contributed by atoms with Crippen LogP contribution in [0.15, 0.2) is 225 Å². The van der Waals surface area contributed by atoms with Gasteiger partial charge in [-0.2, -0.15) is 26.3 Å². The summed E-state index contributed by atoms with van der Waals surface area (Å²) in [5, 5.41) is 81.8. The molecular formula is C111H119ClN20O10. The maximum absolute atomic E-state index is 12.1. The lowest BCUT2D eigenvalue weighted by Gasteiger charge is -2.13. The molecule has 31 heteroatoms. The molecule has 10 aromatic carbocycles. The highest BCUT2D eigenvalue weighted by Gasteiger charge is 2.26. The maximum atomic E-state index is 12.1. The van der Waals surface area contributed by atoms with Crippen LogP contribution in [0.3, 0.4) is 0 Å². The Bertz CT molecular complexity index is 7140. The first-order valence-corrected chi connectivity index (χ1v) is 47.5. The lowest BCUT2D eigenvalue weighted by atomic mass is 10.1. The number of benzene rings is 10. The van der Waals surface area contributed by atoms with Gasteiger partial charge in [0.15, 0.2) is 0 Å². The first-order valence-electron chi connectivity index (χ1n) is 47.0. The van der Waals surface area contributed by atoms with Gasteiger partial charge in [0.2, 0.25) is 0 Å².